The number of carbonyl (C=O) groups excluding carboxylic acids is 5. The number of benzene rings is 2. The molecule has 15 nitrogen and oxygen atoms in total. The average Bonchev–Trinajstić information content (AvgIpc) is 3.30. The molecule has 0 saturated heterocycles. The number of phenolic OH excluding ortho intramolecular Hbond substituents is 3. The van der Waals surface area contributed by atoms with Crippen molar-refractivity contribution in [2.24, 2.45) is 0 Å². The number of aliphatic hydroxyl groups is 2. The van der Waals surface area contributed by atoms with E-state index in [0.717, 1.165) is 6.92 Å². The molecule has 6 N–H and O–H groups in total. The van der Waals surface area contributed by atoms with E-state index < -0.39 is 124 Å². The van der Waals surface area contributed by atoms with Gasteiger partial charge in [0.05, 0.1) is 66.4 Å². The Bertz CT molecular complexity index is 1920. The Morgan fingerprint density at radius 2 is 1.67 bits per heavy atom. The van der Waals surface area contributed by atoms with E-state index in [9.17, 15) is 54.3 Å². The number of ketones is 3. The van der Waals surface area contributed by atoms with Gasteiger partial charge in [0, 0.05) is 42.0 Å². The van der Waals surface area contributed by atoms with Gasteiger partial charge in [0.2, 0.25) is 11.6 Å². The Labute approximate surface area is 271 Å². The van der Waals surface area contributed by atoms with Crippen LogP contribution in [0.3, 0.4) is 0 Å². The van der Waals surface area contributed by atoms with Gasteiger partial charge in [-0.15, -0.1) is 0 Å². The van der Waals surface area contributed by atoms with E-state index >= 15 is 0 Å². The van der Waals surface area contributed by atoms with Gasteiger partial charge in [-0.25, -0.2) is 0 Å². The summed E-state index contributed by atoms with van der Waals surface area (Å²) in [7, 11) is 1.21. The Hall–Kier alpha value is -5.28. The van der Waals surface area contributed by atoms with Gasteiger partial charge in [-0.3, -0.25) is 28.8 Å². The number of aromatic hydroxyl groups is 3. The lowest BCUT2D eigenvalue weighted by Crippen LogP contribution is -2.38. The maximum absolute atomic E-state index is 14.1. The highest BCUT2D eigenvalue weighted by atomic mass is 16.6. The van der Waals surface area contributed by atoms with E-state index in [0.29, 0.717) is 5.56 Å². The molecular formula is C33H30O15. The number of carboxylic acids is 1. The topological polar surface area (TPSA) is 251 Å². The third-order valence-corrected chi connectivity index (χ3v) is 9.42. The molecule has 15 heteroatoms. The second kappa shape index (κ2) is 11.2. The van der Waals surface area contributed by atoms with Crippen LogP contribution in [0, 0.1) is 0 Å². The van der Waals surface area contributed by atoms with Crippen molar-refractivity contribution in [3.63, 3.8) is 0 Å². The Kier molecular flexibility index (Phi) is 7.59. The Morgan fingerprint density at radius 3 is 2.29 bits per heavy atom. The van der Waals surface area contributed by atoms with Crippen molar-refractivity contribution >= 4 is 41.0 Å². The molecular weight excluding hydrogens is 636 g/mol. The molecule has 0 aromatic heterocycles. The number of hydrogen-bond donors (Lipinski definition) is 6. The number of esters is 2. The fraction of sp³-hybridized carbons (Fsp3) is 0.394. The van der Waals surface area contributed by atoms with Crippen molar-refractivity contribution < 1.29 is 73.6 Å². The van der Waals surface area contributed by atoms with Gasteiger partial charge in [0.15, 0.2) is 11.4 Å². The third-order valence-electron chi connectivity index (χ3n) is 9.42. The quantitative estimate of drug-likeness (QED) is 0.141. The van der Waals surface area contributed by atoms with Crippen LogP contribution in [0.1, 0.15) is 106 Å². The van der Waals surface area contributed by atoms with Crippen LogP contribution in [-0.2, 0) is 45.4 Å². The number of phenols is 3. The molecule has 1 heterocycles. The summed E-state index contributed by atoms with van der Waals surface area (Å²) in [5, 5.41) is 65.5. The summed E-state index contributed by atoms with van der Waals surface area (Å²) >= 11 is 0. The fourth-order valence-corrected chi connectivity index (χ4v) is 7.65. The van der Waals surface area contributed by atoms with E-state index in [4.69, 9.17) is 19.3 Å². The molecule has 2 bridgehead atoms. The van der Waals surface area contributed by atoms with Crippen LogP contribution in [0.15, 0.2) is 11.6 Å². The third kappa shape index (κ3) is 4.56. The zero-order valence-corrected chi connectivity index (χ0v) is 25.8. The van der Waals surface area contributed by atoms with Crippen molar-refractivity contribution in [3.05, 3.63) is 56.1 Å². The lowest BCUT2D eigenvalue weighted by Gasteiger charge is -2.38. The van der Waals surface area contributed by atoms with Crippen LogP contribution in [0.25, 0.3) is 5.76 Å². The summed E-state index contributed by atoms with van der Waals surface area (Å²) in [6.45, 7) is 2.65. The number of Topliss-reactive ketones (excluding diaryl/α,β-unsaturated/α-hetero) is 3. The number of aliphatic carboxylic acids is 1. The molecule has 6 rings (SSSR count). The number of carboxylic acid groups (broad SMARTS) is 1. The highest BCUT2D eigenvalue weighted by molar-refractivity contribution is 6.53. The van der Waals surface area contributed by atoms with Gasteiger partial charge >= 0.3 is 17.9 Å². The first-order valence-electron chi connectivity index (χ1n) is 14.9. The second-order valence-corrected chi connectivity index (χ2v) is 12.3. The predicted octanol–water partition coefficient (Wildman–Crippen LogP) is 2.12. The van der Waals surface area contributed by atoms with Gasteiger partial charge in [-0.1, -0.05) is 0 Å². The highest BCUT2D eigenvalue weighted by Gasteiger charge is 2.61. The van der Waals surface area contributed by atoms with Crippen molar-refractivity contribution in [3.8, 4) is 17.2 Å². The zero-order chi connectivity index (χ0) is 35.1. The van der Waals surface area contributed by atoms with Crippen molar-refractivity contribution in [2.45, 2.75) is 75.8 Å². The summed E-state index contributed by atoms with van der Waals surface area (Å²) in [5.74, 6) is -11.3. The van der Waals surface area contributed by atoms with E-state index in [1.54, 1.807) is 6.92 Å². The molecule has 0 fully saturated rings. The smallest absolute Gasteiger partial charge is 0.308 e. The minimum atomic E-state index is -2.08. The average molecular weight is 667 g/mol. The largest absolute Gasteiger partial charge is 0.507 e. The first kappa shape index (κ1) is 32.7. The highest BCUT2D eigenvalue weighted by Crippen LogP contribution is 2.65. The van der Waals surface area contributed by atoms with Crippen LogP contribution >= 0.6 is 0 Å². The summed E-state index contributed by atoms with van der Waals surface area (Å²) < 4.78 is 16.5. The summed E-state index contributed by atoms with van der Waals surface area (Å²) in [6, 6.07) is 1.48. The van der Waals surface area contributed by atoms with Crippen molar-refractivity contribution in [1.82, 2.24) is 0 Å². The van der Waals surface area contributed by atoms with Gasteiger partial charge in [0.1, 0.15) is 23.0 Å². The van der Waals surface area contributed by atoms with Gasteiger partial charge in [0.25, 0.3) is 0 Å². The lowest BCUT2D eigenvalue weighted by molar-refractivity contribution is -0.154. The van der Waals surface area contributed by atoms with E-state index in [2.05, 4.69) is 0 Å². The molecule has 0 saturated carbocycles. The van der Waals surface area contributed by atoms with Crippen LogP contribution in [-0.4, -0.2) is 85.2 Å². The maximum atomic E-state index is 14.1. The number of rotatable bonds is 7. The summed E-state index contributed by atoms with van der Waals surface area (Å²) in [6.07, 6.45) is -5.36. The molecule has 3 aliphatic carbocycles. The van der Waals surface area contributed by atoms with Crippen molar-refractivity contribution in [2.75, 3.05) is 7.11 Å². The van der Waals surface area contributed by atoms with Gasteiger partial charge in [-0.2, -0.15) is 0 Å². The lowest BCUT2D eigenvalue weighted by atomic mass is 9.73. The standard InChI is InChI=1S/C33H30O15/c1-10-20-12(4-14(47-10)8-19(38)46-3)5-17-22(29(20)42)27(40)16-9-33(17,48-11(2)34)25-21(16)30(43)24-23(31(25)44)26(39)15(28(41)32(24)45)6-13(35)7-18(36)37/h5,10,13-14,16,35,39,42-44H,4,6-9H2,1-3H3,(H,36,37)/t10-,13+,14+,16+,33-/m0/s1. The predicted molar refractivity (Wildman–Crippen MR) is 158 cm³/mol. The van der Waals surface area contributed by atoms with E-state index in [1.165, 1.54) is 13.2 Å². The fourth-order valence-electron chi connectivity index (χ4n) is 7.65. The van der Waals surface area contributed by atoms with Crippen molar-refractivity contribution in [1.29, 1.82) is 0 Å². The Balaban J connectivity index is 1.62. The molecule has 0 radical (unpaired) electrons. The van der Waals surface area contributed by atoms with Crippen LogP contribution in [0.5, 0.6) is 17.2 Å². The summed E-state index contributed by atoms with van der Waals surface area (Å²) in [5.41, 5.74) is -4.87. The van der Waals surface area contributed by atoms with Crippen LogP contribution in [0.4, 0.5) is 0 Å². The minimum Gasteiger partial charge on any atom is -0.507 e. The molecule has 1 aliphatic heterocycles. The number of aliphatic hydroxyl groups excluding tert-OH is 2. The first-order valence-corrected chi connectivity index (χ1v) is 14.9. The number of hydrogen-bond acceptors (Lipinski definition) is 14. The van der Waals surface area contributed by atoms with Crippen LogP contribution < -0.4 is 0 Å². The van der Waals surface area contributed by atoms with Gasteiger partial charge < -0.3 is 44.8 Å². The number of ether oxygens (including phenoxy) is 3. The molecule has 2 aromatic rings. The Morgan fingerprint density at radius 1 is 1.00 bits per heavy atom. The molecule has 0 unspecified atom stereocenters. The van der Waals surface area contributed by atoms with Gasteiger partial charge in [-0.05, 0) is 25.0 Å². The minimum absolute atomic E-state index is 0.0554. The SMILES string of the molecule is COC(=O)C[C@H]1Cc2cc3c(c(O)c2[C@H](C)O1)C(=O)[C@@H]1C[C@@]3(OC(C)=O)c2c(O)c3c(c(O)c21)C(=O)C(=O)C(C[C@@H](O)CC(=O)O)=C3O. The van der Waals surface area contributed by atoms with E-state index in [1.807, 2.05) is 0 Å². The summed E-state index contributed by atoms with van der Waals surface area (Å²) in [4.78, 5) is 76.4. The van der Waals surface area contributed by atoms with E-state index in [-0.39, 0.29) is 40.7 Å². The normalized spacial score (nSPS) is 24.3. The molecule has 5 atom stereocenters. The molecule has 4 aliphatic rings. The zero-order valence-electron chi connectivity index (χ0n) is 25.8. The number of methoxy groups -OCH3 is 1. The number of carbonyl (C=O) groups is 6. The maximum Gasteiger partial charge on any atom is 0.308 e. The molecule has 0 spiro atoms. The number of fused-ring (bicyclic) bond motifs is 9. The van der Waals surface area contributed by atoms with Crippen LogP contribution in [0.2, 0.25) is 0 Å². The first-order chi connectivity index (χ1) is 22.5. The molecule has 48 heavy (non-hydrogen) atoms. The molecule has 0 amide bonds. The molecule has 2 aromatic carbocycles. The molecule has 252 valence electrons. The monoisotopic (exact) mass is 666 g/mol. The second-order valence-electron chi connectivity index (χ2n) is 12.3.